The van der Waals surface area contributed by atoms with Gasteiger partial charge < -0.3 is 14.6 Å². The molecule has 208 valence electrons. The van der Waals surface area contributed by atoms with E-state index < -0.39 is 17.7 Å². The van der Waals surface area contributed by atoms with E-state index in [0.717, 1.165) is 5.56 Å². The maximum Gasteiger partial charge on any atom is 0.310 e. The second-order valence-corrected chi connectivity index (χ2v) is 10.4. The number of methoxy groups -OCH3 is 1. The second-order valence-electron chi connectivity index (χ2n) is 10.4. The number of nitrogens with zero attached hydrogens (tertiary/aromatic N) is 2. The summed E-state index contributed by atoms with van der Waals surface area (Å²) in [4.78, 5) is 44.7. The number of hydrogen-bond acceptors (Lipinski definition) is 7. The molecule has 1 saturated heterocycles. The molecule has 4 rings (SSSR count). The van der Waals surface area contributed by atoms with Crippen molar-refractivity contribution in [3.05, 3.63) is 94.3 Å². The van der Waals surface area contributed by atoms with Crippen LogP contribution in [0.2, 0.25) is 0 Å². The third-order valence-corrected chi connectivity index (χ3v) is 6.83. The molecule has 1 aromatic heterocycles. The Balaban J connectivity index is 1.83. The molecule has 0 radical (unpaired) electrons. The monoisotopic (exact) mass is 542 g/mol. The predicted octanol–water partition coefficient (Wildman–Crippen LogP) is 5.64. The lowest BCUT2D eigenvalue weighted by Gasteiger charge is -2.25. The van der Waals surface area contributed by atoms with Crippen LogP contribution in [0.5, 0.6) is 5.75 Å². The van der Waals surface area contributed by atoms with E-state index in [4.69, 9.17) is 9.47 Å². The quantitative estimate of drug-likeness (QED) is 0.170. The van der Waals surface area contributed by atoms with Gasteiger partial charge in [-0.15, -0.1) is 0 Å². The number of Topliss-reactive ketones (excluding diaryl/α,β-unsaturated/α-hetero) is 1. The molecule has 2 aromatic carbocycles. The molecule has 40 heavy (non-hydrogen) atoms. The van der Waals surface area contributed by atoms with Crippen LogP contribution in [0.15, 0.2) is 66.5 Å². The first-order chi connectivity index (χ1) is 19.0. The van der Waals surface area contributed by atoms with Gasteiger partial charge in [0.1, 0.15) is 11.5 Å². The van der Waals surface area contributed by atoms with Crippen LogP contribution >= 0.6 is 0 Å². The number of carbonyl (C=O) groups excluding carboxylic acids is 3. The number of pyridine rings is 1. The van der Waals surface area contributed by atoms with E-state index in [1.165, 1.54) is 4.90 Å². The van der Waals surface area contributed by atoms with Crippen molar-refractivity contribution in [1.82, 2.24) is 4.98 Å². The standard InChI is InChI=1S/C32H34N2O6/c1-18(2)24-16-25(20(5)14-26(24)39-6)30(36)28-29(22-8-7-13-33-17-22)34(32(38)31(28)37)23-11-9-21(10-12-23)15-27(35)40-19(3)4/h7-14,16-19,29,36H,15H2,1-6H3/b30-28+. The zero-order valence-corrected chi connectivity index (χ0v) is 23.6. The van der Waals surface area contributed by atoms with E-state index in [1.54, 1.807) is 69.7 Å². The fraction of sp³-hybridized carbons (Fsp3) is 0.312. The first-order valence-corrected chi connectivity index (χ1v) is 13.2. The smallest absolute Gasteiger partial charge is 0.310 e. The van der Waals surface area contributed by atoms with E-state index >= 15 is 0 Å². The second kappa shape index (κ2) is 11.7. The average Bonchev–Trinajstić information content (AvgIpc) is 3.18. The number of benzene rings is 2. The number of ketones is 1. The third-order valence-electron chi connectivity index (χ3n) is 6.83. The van der Waals surface area contributed by atoms with Crippen LogP contribution in [0.25, 0.3) is 5.76 Å². The summed E-state index contributed by atoms with van der Waals surface area (Å²) in [7, 11) is 1.59. The van der Waals surface area contributed by atoms with Crippen molar-refractivity contribution in [3.8, 4) is 5.75 Å². The van der Waals surface area contributed by atoms with E-state index in [0.29, 0.717) is 33.7 Å². The Morgan fingerprint density at radius 3 is 2.35 bits per heavy atom. The predicted molar refractivity (Wildman–Crippen MR) is 152 cm³/mol. The van der Waals surface area contributed by atoms with Crippen LogP contribution in [-0.2, 0) is 25.5 Å². The molecular formula is C32H34N2O6. The highest BCUT2D eigenvalue weighted by atomic mass is 16.5. The van der Waals surface area contributed by atoms with Crippen molar-refractivity contribution in [2.45, 2.75) is 59.1 Å². The highest BCUT2D eigenvalue weighted by molar-refractivity contribution is 6.51. The summed E-state index contributed by atoms with van der Waals surface area (Å²) in [5.74, 6) is -1.39. The molecule has 2 heterocycles. The van der Waals surface area contributed by atoms with Gasteiger partial charge in [0.05, 0.1) is 31.2 Å². The number of anilines is 1. The van der Waals surface area contributed by atoms with Crippen molar-refractivity contribution in [1.29, 1.82) is 0 Å². The minimum atomic E-state index is -0.908. The molecule has 8 nitrogen and oxygen atoms in total. The summed E-state index contributed by atoms with van der Waals surface area (Å²) in [5, 5.41) is 11.6. The Labute approximate surface area is 234 Å². The number of aliphatic hydroxyl groups excluding tert-OH is 1. The van der Waals surface area contributed by atoms with E-state index in [1.807, 2.05) is 32.9 Å². The van der Waals surface area contributed by atoms with Crippen LogP contribution in [0, 0.1) is 6.92 Å². The minimum Gasteiger partial charge on any atom is -0.507 e. The zero-order chi connectivity index (χ0) is 29.1. The lowest BCUT2D eigenvalue weighted by molar-refractivity contribution is -0.146. The maximum atomic E-state index is 13.5. The molecule has 0 saturated carbocycles. The molecule has 8 heteroatoms. The normalized spacial score (nSPS) is 16.6. The van der Waals surface area contributed by atoms with Crippen LogP contribution < -0.4 is 9.64 Å². The molecule has 1 amide bonds. The minimum absolute atomic E-state index is 0.0226. The van der Waals surface area contributed by atoms with Crippen molar-refractivity contribution >= 4 is 29.1 Å². The van der Waals surface area contributed by atoms with Crippen molar-refractivity contribution < 1.29 is 29.0 Å². The fourth-order valence-electron chi connectivity index (χ4n) is 4.92. The van der Waals surface area contributed by atoms with Gasteiger partial charge >= 0.3 is 5.97 Å². The molecule has 1 N–H and O–H groups in total. The zero-order valence-electron chi connectivity index (χ0n) is 23.6. The Morgan fingerprint density at radius 1 is 1.07 bits per heavy atom. The number of carbonyl (C=O) groups is 3. The summed E-state index contributed by atoms with van der Waals surface area (Å²) in [6.07, 6.45) is 3.04. The number of esters is 1. The number of amides is 1. The molecular weight excluding hydrogens is 508 g/mol. The van der Waals surface area contributed by atoms with Crippen LogP contribution in [0.1, 0.15) is 67.5 Å². The molecule has 0 spiro atoms. The molecule has 1 aliphatic heterocycles. The summed E-state index contributed by atoms with van der Waals surface area (Å²) < 4.78 is 10.8. The van der Waals surface area contributed by atoms with Crippen LogP contribution in [0.4, 0.5) is 5.69 Å². The molecule has 1 fully saturated rings. The lowest BCUT2D eigenvalue weighted by atomic mass is 9.91. The maximum absolute atomic E-state index is 13.5. The Kier molecular flexibility index (Phi) is 8.38. The Morgan fingerprint density at radius 2 is 1.77 bits per heavy atom. The first kappa shape index (κ1) is 28.5. The number of aliphatic hydroxyl groups is 1. The summed E-state index contributed by atoms with van der Waals surface area (Å²) in [6, 6.07) is 13.0. The Hall–Kier alpha value is -4.46. The number of hydrogen-bond donors (Lipinski definition) is 1. The van der Waals surface area contributed by atoms with Crippen molar-refractivity contribution in [2.24, 2.45) is 0 Å². The van der Waals surface area contributed by atoms with Gasteiger partial charge in [0.2, 0.25) is 0 Å². The van der Waals surface area contributed by atoms with Gasteiger partial charge in [-0.05, 0) is 79.3 Å². The molecule has 0 aliphatic carbocycles. The average molecular weight is 543 g/mol. The fourth-order valence-corrected chi connectivity index (χ4v) is 4.92. The first-order valence-electron chi connectivity index (χ1n) is 13.2. The highest BCUT2D eigenvalue weighted by Gasteiger charge is 2.47. The number of aryl methyl sites for hydroxylation is 1. The van der Waals surface area contributed by atoms with Crippen molar-refractivity contribution in [3.63, 3.8) is 0 Å². The number of rotatable bonds is 8. The van der Waals surface area contributed by atoms with Gasteiger partial charge in [-0.1, -0.05) is 32.0 Å². The topological polar surface area (TPSA) is 106 Å². The largest absolute Gasteiger partial charge is 0.507 e. The van der Waals surface area contributed by atoms with Crippen LogP contribution in [-0.4, -0.2) is 41.0 Å². The highest BCUT2D eigenvalue weighted by Crippen LogP contribution is 2.43. The summed E-state index contributed by atoms with van der Waals surface area (Å²) >= 11 is 0. The van der Waals surface area contributed by atoms with Crippen molar-refractivity contribution in [2.75, 3.05) is 12.0 Å². The van der Waals surface area contributed by atoms with E-state index in [-0.39, 0.29) is 35.7 Å². The molecule has 1 unspecified atom stereocenters. The van der Waals surface area contributed by atoms with E-state index in [9.17, 15) is 19.5 Å². The van der Waals surface area contributed by atoms with Gasteiger partial charge in [-0.2, -0.15) is 0 Å². The van der Waals surface area contributed by atoms with Gasteiger partial charge in [0, 0.05) is 23.6 Å². The third kappa shape index (κ3) is 5.61. The molecule has 1 atom stereocenters. The summed E-state index contributed by atoms with van der Waals surface area (Å²) in [6.45, 7) is 9.41. The lowest BCUT2D eigenvalue weighted by Crippen LogP contribution is -2.29. The van der Waals surface area contributed by atoms with Crippen LogP contribution in [0.3, 0.4) is 0 Å². The Bertz CT molecular complexity index is 1460. The van der Waals surface area contributed by atoms with Gasteiger partial charge in [0.15, 0.2) is 0 Å². The molecule has 0 bridgehead atoms. The number of aromatic nitrogens is 1. The number of ether oxygens (including phenoxy) is 2. The molecule has 3 aromatic rings. The molecule has 1 aliphatic rings. The van der Waals surface area contributed by atoms with Gasteiger partial charge in [-0.25, -0.2) is 0 Å². The summed E-state index contributed by atoms with van der Waals surface area (Å²) in [5.41, 5.74) is 3.73. The van der Waals surface area contributed by atoms with Gasteiger partial charge in [0.25, 0.3) is 11.7 Å². The SMILES string of the molecule is COc1cc(C)c(/C(O)=C2\C(=O)C(=O)N(c3ccc(CC(=O)OC(C)C)cc3)C2c2cccnc2)cc1C(C)C. The van der Waals surface area contributed by atoms with E-state index in [2.05, 4.69) is 4.98 Å². The van der Waals surface area contributed by atoms with Gasteiger partial charge in [-0.3, -0.25) is 24.3 Å².